The van der Waals surface area contributed by atoms with E-state index in [1.807, 2.05) is 0 Å². The predicted octanol–water partition coefficient (Wildman–Crippen LogP) is 1.92. The van der Waals surface area contributed by atoms with Gasteiger partial charge in [-0.1, -0.05) is 23.4 Å². The Labute approximate surface area is 143 Å². The molecule has 3 heterocycles. The van der Waals surface area contributed by atoms with Crippen LogP contribution in [0.15, 0.2) is 50.9 Å². The van der Waals surface area contributed by atoms with Gasteiger partial charge in [0.05, 0.1) is 19.1 Å². The number of aryl methyl sites for hydroxylation is 1. The van der Waals surface area contributed by atoms with Crippen molar-refractivity contribution in [2.75, 3.05) is 10.0 Å². The molecule has 3 aromatic rings. The monoisotopic (exact) mass is 358 g/mol. The van der Waals surface area contributed by atoms with Crippen LogP contribution >= 0.6 is 0 Å². The van der Waals surface area contributed by atoms with Crippen molar-refractivity contribution in [3.63, 3.8) is 0 Å². The van der Waals surface area contributed by atoms with Gasteiger partial charge in [-0.25, -0.2) is 8.42 Å². The molecule has 0 atom stereocenters. The second kappa shape index (κ2) is 5.74. The van der Waals surface area contributed by atoms with Crippen LogP contribution in [0.1, 0.15) is 11.3 Å². The van der Waals surface area contributed by atoms with Gasteiger partial charge >= 0.3 is 0 Å². The van der Waals surface area contributed by atoms with Gasteiger partial charge in [0, 0.05) is 11.3 Å². The molecule has 128 valence electrons. The largest absolute Gasteiger partial charge is 0.358 e. The molecule has 0 bridgehead atoms. The van der Waals surface area contributed by atoms with Crippen molar-refractivity contribution in [3.8, 4) is 5.82 Å². The number of benzene rings is 1. The van der Waals surface area contributed by atoms with Crippen molar-refractivity contribution in [3.05, 3.63) is 47.9 Å². The Kier molecular flexibility index (Phi) is 3.53. The minimum Gasteiger partial charge on any atom is -0.358 e. The molecule has 1 aliphatic heterocycles. The number of sulfonamides is 1. The van der Waals surface area contributed by atoms with Crippen LogP contribution in [0.4, 0.5) is 11.5 Å². The molecule has 1 aliphatic rings. The molecule has 0 aliphatic carbocycles. The lowest BCUT2D eigenvalue weighted by Crippen LogP contribution is -2.17. The fourth-order valence-electron chi connectivity index (χ4n) is 2.57. The van der Waals surface area contributed by atoms with Crippen molar-refractivity contribution in [1.82, 2.24) is 14.9 Å². The molecule has 0 saturated heterocycles. The first kappa shape index (κ1) is 15.4. The molecule has 4 rings (SSSR count). The standard InChI is InChI=1S/C15H14N6O3S/c1-10-13(25(22,23)20-12-5-3-2-4-6-12)15(19-24-10)21-14-11(8-18-21)7-16-9-17-14/h2-6,8-9,20H,7H2,1H3,(H,16,17). The maximum absolute atomic E-state index is 12.9. The zero-order chi connectivity index (χ0) is 17.4. The Bertz CT molecular complexity index is 1050. The molecule has 0 unspecified atom stereocenters. The lowest BCUT2D eigenvalue weighted by molar-refractivity contribution is 0.391. The lowest BCUT2D eigenvalue weighted by atomic mass is 10.3. The van der Waals surface area contributed by atoms with Crippen LogP contribution in [0.3, 0.4) is 0 Å². The van der Waals surface area contributed by atoms with Gasteiger partial charge in [-0.15, -0.1) is 0 Å². The SMILES string of the molecule is Cc1onc(-n2ncc3c2NC=NC3)c1S(=O)(=O)Nc1ccccc1. The van der Waals surface area contributed by atoms with E-state index >= 15 is 0 Å². The summed E-state index contributed by atoms with van der Waals surface area (Å²) in [5.74, 6) is 0.872. The van der Waals surface area contributed by atoms with Crippen LogP contribution in [0.2, 0.25) is 0 Å². The third-order valence-corrected chi connectivity index (χ3v) is 5.20. The van der Waals surface area contributed by atoms with Crippen LogP contribution in [0, 0.1) is 6.92 Å². The number of nitrogens with zero attached hydrogens (tertiary/aromatic N) is 4. The zero-order valence-corrected chi connectivity index (χ0v) is 14.0. The first-order chi connectivity index (χ1) is 12.1. The summed E-state index contributed by atoms with van der Waals surface area (Å²) in [7, 11) is -3.91. The molecule has 0 spiro atoms. The van der Waals surface area contributed by atoms with Crippen LogP contribution in [-0.2, 0) is 16.6 Å². The zero-order valence-electron chi connectivity index (χ0n) is 13.2. The molecular weight excluding hydrogens is 344 g/mol. The van der Waals surface area contributed by atoms with E-state index in [4.69, 9.17) is 4.52 Å². The van der Waals surface area contributed by atoms with E-state index in [0.29, 0.717) is 18.1 Å². The second-order valence-electron chi connectivity index (χ2n) is 5.41. The summed E-state index contributed by atoms with van der Waals surface area (Å²) in [6.45, 7) is 2.00. The number of anilines is 2. The molecular formula is C15H14N6O3S. The van der Waals surface area contributed by atoms with Crippen molar-refractivity contribution in [2.45, 2.75) is 18.4 Å². The van der Waals surface area contributed by atoms with Gasteiger partial charge in [-0.3, -0.25) is 9.71 Å². The number of nitrogens with one attached hydrogen (secondary N) is 2. The summed E-state index contributed by atoms with van der Waals surface area (Å²) >= 11 is 0. The van der Waals surface area contributed by atoms with E-state index in [1.165, 1.54) is 11.0 Å². The molecule has 10 heteroatoms. The molecule has 25 heavy (non-hydrogen) atoms. The molecule has 9 nitrogen and oxygen atoms in total. The van der Waals surface area contributed by atoms with Gasteiger partial charge in [0.25, 0.3) is 10.0 Å². The van der Waals surface area contributed by atoms with Crippen molar-refractivity contribution in [1.29, 1.82) is 0 Å². The van der Waals surface area contributed by atoms with E-state index < -0.39 is 10.0 Å². The number of rotatable bonds is 4. The van der Waals surface area contributed by atoms with Gasteiger partial charge in [0.1, 0.15) is 5.82 Å². The third kappa shape index (κ3) is 2.66. The van der Waals surface area contributed by atoms with Crippen molar-refractivity contribution in [2.24, 2.45) is 4.99 Å². The summed E-state index contributed by atoms with van der Waals surface area (Å²) in [4.78, 5) is 4.03. The summed E-state index contributed by atoms with van der Waals surface area (Å²) in [5.41, 5.74) is 1.28. The molecule has 2 N–H and O–H groups in total. The van der Waals surface area contributed by atoms with Gasteiger partial charge in [0.2, 0.25) is 5.82 Å². The van der Waals surface area contributed by atoms with Crippen LogP contribution in [-0.4, -0.2) is 29.7 Å². The number of fused-ring (bicyclic) bond motifs is 1. The fourth-order valence-corrected chi connectivity index (χ4v) is 3.90. The molecule has 0 radical (unpaired) electrons. The minimum atomic E-state index is -3.91. The Hall–Kier alpha value is -3.14. The summed E-state index contributed by atoms with van der Waals surface area (Å²) in [6.07, 6.45) is 3.15. The third-order valence-electron chi connectivity index (χ3n) is 3.69. The second-order valence-corrected chi connectivity index (χ2v) is 7.03. The van der Waals surface area contributed by atoms with E-state index in [-0.39, 0.29) is 16.5 Å². The van der Waals surface area contributed by atoms with Gasteiger partial charge in [-0.05, 0) is 19.1 Å². The van der Waals surface area contributed by atoms with Crippen LogP contribution in [0.25, 0.3) is 5.82 Å². The number of hydrogen-bond acceptors (Lipinski definition) is 7. The van der Waals surface area contributed by atoms with Gasteiger partial charge in [-0.2, -0.15) is 9.78 Å². The molecule has 0 fully saturated rings. The highest BCUT2D eigenvalue weighted by Gasteiger charge is 2.30. The number of aromatic nitrogens is 3. The van der Waals surface area contributed by atoms with Crippen molar-refractivity contribution < 1.29 is 12.9 Å². The van der Waals surface area contributed by atoms with Gasteiger partial charge < -0.3 is 9.84 Å². The lowest BCUT2D eigenvalue weighted by Gasteiger charge is -2.11. The average molecular weight is 358 g/mol. The highest BCUT2D eigenvalue weighted by Crippen LogP contribution is 2.29. The predicted molar refractivity (Wildman–Crippen MR) is 91.4 cm³/mol. The summed E-state index contributed by atoms with van der Waals surface area (Å²) in [5, 5.41) is 11.1. The highest BCUT2D eigenvalue weighted by molar-refractivity contribution is 7.92. The minimum absolute atomic E-state index is 0.0634. The smallest absolute Gasteiger partial charge is 0.269 e. The van der Waals surface area contributed by atoms with E-state index in [1.54, 1.807) is 43.5 Å². The number of hydrogen-bond donors (Lipinski definition) is 2. The van der Waals surface area contributed by atoms with Crippen LogP contribution in [0.5, 0.6) is 0 Å². The Morgan fingerprint density at radius 1 is 1.28 bits per heavy atom. The first-order valence-corrected chi connectivity index (χ1v) is 8.91. The Morgan fingerprint density at radius 3 is 2.88 bits per heavy atom. The fraction of sp³-hybridized carbons (Fsp3) is 0.133. The van der Waals surface area contributed by atoms with Crippen molar-refractivity contribution >= 4 is 27.9 Å². The van der Waals surface area contributed by atoms with E-state index in [2.05, 4.69) is 25.3 Å². The average Bonchev–Trinajstić information content (AvgIpc) is 3.19. The normalized spacial score (nSPS) is 13.3. The molecule has 1 aromatic carbocycles. The first-order valence-electron chi connectivity index (χ1n) is 7.42. The van der Waals surface area contributed by atoms with Gasteiger partial charge in [0.15, 0.2) is 10.7 Å². The number of aliphatic imine (C=N–C) groups is 1. The van der Waals surface area contributed by atoms with E-state index in [9.17, 15) is 8.42 Å². The number of para-hydroxylation sites is 1. The summed E-state index contributed by atoms with van der Waals surface area (Å²) in [6, 6.07) is 8.61. The Morgan fingerprint density at radius 2 is 2.08 bits per heavy atom. The maximum atomic E-state index is 12.9. The molecule has 0 amide bonds. The highest BCUT2D eigenvalue weighted by atomic mass is 32.2. The maximum Gasteiger partial charge on any atom is 0.269 e. The topological polar surface area (TPSA) is 114 Å². The molecule has 0 saturated carbocycles. The summed E-state index contributed by atoms with van der Waals surface area (Å²) < 4.78 is 34.8. The van der Waals surface area contributed by atoms with Crippen LogP contribution < -0.4 is 10.0 Å². The van der Waals surface area contributed by atoms with E-state index in [0.717, 1.165) is 5.56 Å². The Balaban J connectivity index is 1.80. The molecule has 2 aromatic heterocycles. The quantitative estimate of drug-likeness (QED) is 0.736.